The molecule has 58 valence electrons. The third-order valence-electron chi connectivity index (χ3n) is 1.15. The standard InChI is InChI=1S/C7H13NOS/c1-3-4-7(5-10)8-6(2)9/h5,7H,3-4H2,1-2H3,(H,8,9). The van der Waals surface area contributed by atoms with Crippen LogP contribution in [0.3, 0.4) is 0 Å². The second kappa shape index (κ2) is 5.35. The minimum Gasteiger partial charge on any atom is -0.349 e. The fourth-order valence-corrected chi connectivity index (χ4v) is 0.950. The van der Waals surface area contributed by atoms with Crippen LogP contribution in [0.2, 0.25) is 0 Å². The Hall–Kier alpha value is -0.440. The van der Waals surface area contributed by atoms with Gasteiger partial charge in [0.1, 0.15) is 0 Å². The molecule has 0 aliphatic carbocycles. The molecule has 0 aromatic rings. The lowest BCUT2D eigenvalue weighted by atomic mass is 10.2. The van der Waals surface area contributed by atoms with E-state index in [1.807, 2.05) is 0 Å². The second-order valence-corrected chi connectivity index (χ2v) is 2.50. The smallest absolute Gasteiger partial charge is 0.217 e. The summed E-state index contributed by atoms with van der Waals surface area (Å²) in [6.45, 7) is 3.56. The third-order valence-corrected chi connectivity index (χ3v) is 1.48. The number of rotatable bonds is 4. The van der Waals surface area contributed by atoms with E-state index in [1.54, 1.807) is 5.37 Å². The predicted molar refractivity (Wildman–Crippen MR) is 46.2 cm³/mol. The van der Waals surface area contributed by atoms with Crippen LogP contribution in [0.5, 0.6) is 0 Å². The molecule has 1 N–H and O–H groups in total. The van der Waals surface area contributed by atoms with Gasteiger partial charge in [-0.2, -0.15) is 0 Å². The summed E-state index contributed by atoms with van der Waals surface area (Å²) in [6.07, 6.45) is 1.97. The third kappa shape index (κ3) is 4.44. The lowest BCUT2D eigenvalue weighted by molar-refractivity contribution is -0.119. The quantitative estimate of drug-likeness (QED) is 0.626. The van der Waals surface area contributed by atoms with Gasteiger partial charge in [-0.3, -0.25) is 4.79 Å². The maximum absolute atomic E-state index is 10.5. The largest absolute Gasteiger partial charge is 0.349 e. The number of carbonyl (C=O) groups is 1. The topological polar surface area (TPSA) is 29.1 Å². The molecule has 0 spiro atoms. The Morgan fingerprint density at radius 3 is 2.70 bits per heavy atom. The molecule has 2 nitrogen and oxygen atoms in total. The number of amides is 1. The van der Waals surface area contributed by atoms with Crippen molar-refractivity contribution in [2.24, 2.45) is 0 Å². The van der Waals surface area contributed by atoms with Crippen molar-refractivity contribution in [3.05, 3.63) is 0 Å². The second-order valence-electron chi connectivity index (χ2n) is 2.23. The van der Waals surface area contributed by atoms with Crippen LogP contribution in [0, 0.1) is 0 Å². The normalized spacial score (nSPS) is 12.2. The summed E-state index contributed by atoms with van der Waals surface area (Å²) in [7, 11) is 0. The molecule has 0 fully saturated rings. The van der Waals surface area contributed by atoms with Gasteiger partial charge in [0.25, 0.3) is 0 Å². The lowest BCUT2D eigenvalue weighted by Crippen LogP contribution is -2.33. The van der Waals surface area contributed by atoms with Crippen LogP contribution in [0.15, 0.2) is 0 Å². The van der Waals surface area contributed by atoms with Crippen LogP contribution in [0.1, 0.15) is 26.7 Å². The first-order chi connectivity index (χ1) is 4.70. The van der Waals surface area contributed by atoms with Gasteiger partial charge in [-0.15, -0.1) is 0 Å². The van der Waals surface area contributed by atoms with Crippen molar-refractivity contribution in [3.8, 4) is 0 Å². The van der Waals surface area contributed by atoms with Crippen LogP contribution < -0.4 is 5.32 Å². The first-order valence-corrected chi connectivity index (χ1v) is 3.90. The molecule has 0 bridgehead atoms. The van der Waals surface area contributed by atoms with Gasteiger partial charge in [0.2, 0.25) is 5.91 Å². The Labute approximate surface area is 67.0 Å². The average Bonchev–Trinajstić information content (AvgIpc) is 1.86. The van der Waals surface area contributed by atoms with E-state index in [4.69, 9.17) is 12.2 Å². The molecule has 1 unspecified atom stereocenters. The zero-order chi connectivity index (χ0) is 7.98. The van der Waals surface area contributed by atoms with Gasteiger partial charge in [-0.05, 0) is 6.42 Å². The highest BCUT2D eigenvalue weighted by Gasteiger charge is 2.02. The molecule has 0 saturated heterocycles. The zero-order valence-electron chi connectivity index (χ0n) is 6.39. The van der Waals surface area contributed by atoms with Gasteiger partial charge in [0, 0.05) is 12.3 Å². The van der Waals surface area contributed by atoms with Crippen molar-refractivity contribution in [2.75, 3.05) is 0 Å². The summed E-state index contributed by atoms with van der Waals surface area (Å²) >= 11 is 4.72. The number of nitrogens with one attached hydrogen (secondary N) is 1. The van der Waals surface area contributed by atoms with Crippen molar-refractivity contribution in [2.45, 2.75) is 32.7 Å². The molecule has 0 aromatic heterocycles. The molecule has 0 radical (unpaired) electrons. The van der Waals surface area contributed by atoms with Crippen LogP contribution in [-0.2, 0) is 4.79 Å². The highest BCUT2D eigenvalue weighted by Crippen LogP contribution is 1.93. The fraction of sp³-hybridized carbons (Fsp3) is 0.714. The predicted octanol–water partition coefficient (Wildman–Crippen LogP) is 1.29. The molecule has 1 amide bonds. The summed E-state index contributed by atoms with van der Waals surface area (Å²) in [4.78, 5) is 10.5. The van der Waals surface area contributed by atoms with Crippen LogP contribution in [0.25, 0.3) is 0 Å². The molecule has 3 heteroatoms. The first kappa shape index (κ1) is 9.56. The van der Waals surface area contributed by atoms with E-state index in [2.05, 4.69) is 12.2 Å². The molecule has 0 heterocycles. The maximum atomic E-state index is 10.5. The van der Waals surface area contributed by atoms with Crippen molar-refractivity contribution in [3.63, 3.8) is 0 Å². The van der Waals surface area contributed by atoms with Gasteiger partial charge < -0.3 is 5.32 Å². The zero-order valence-corrected chi connectivity index (χ0v) is 7.20. The number of thiocarbonyl (C=S) groups is 1. The van der Waals surface area contributed by atoms with E-state index in [-0.39, 0.29) is 11.9 Å². The Kier molecular flexibility index (Phi) is 5.12. The Bertz CT molecular complexity index is 125. The molecule has 10 heavy (non-hydrogen) atoms. The van der Waals surface area contributed by atoms with Crippen LogP contribution in [-0.4, -0.2) is 17.3 Å². The van der Waals surface area contributed by atoms with Gasteiger partial charge in [-0.1, -0.05) is 25.6 Å². The van der Waals surface area contributed by atoms with Gasteiger partial charge >= 0.3 is 0 Å². The average molecular weight is 159 g/mol. The van der Waals surface area contributed by atoms with Gasteiger partial charge in [0.15, 0.2) is 0 Å². The molecule has 0 aliphatic heterocycles. The molecule has 0 aliphatic rings. The highest BCUT2D eigenvalue weighted by molar-refractivity contribution is 7.79. The number of hydrogen-bond acceptors (Lipinski definition) is 2. The molecular weight excluding hydrogens is 146 g/mol. The highest BCUT2D eigenvalue weighted by atomic mass is 32.1. The Balaban J connectivity index is 3.59. The van der Waals surface area contributed by atoms with E-state index in [0.29, 0.717) is 0 Å². The molecule has 0 rings (SSSR count). The van der Waals surface area contributed by atoms with E-state index < -0.39 is 0 Å². The number of carbonyl (C=O) groups excluding carboxylic acids is 1. The molecule has 0 aromatic carbocycles. The fourth-order valence-electron chi connectivity index (χ4n) is 0.746. The van der Waals surface area contributed by atoms with Crippen molar-refractivity contribution >= 4 is 23.5 Å². The summed E-state index contributed by atoms with van der Waals surface area (Å²) in [5.74, 6) is -0.0143. The Morgan fingerprint density at radius 1 is 1.80 bits per heavy atom. The van der Waals surface area contributed by atoms with Crippen molar-refractivity contribution in [1.29, 1.82) is 0 Å². The molecular formula is C7H13NOS. The first-order valence-electron chi connectivity index (χ1n) is 3.43. The minimum absolute atomic E-state index is 0.0143. The van der Waals surface area contributed by atoms with Crippen LogP contribution in [0.4, 0.5) is 0 Å². The van der Waals surface area contributed by atoms with E-state index >= 15 is 0 Å². The SMILES string of the molecule is CCCC(C=S)NC(C)=O. The van der Waals surface area contributed by atoms with Gasteiger partial charge in [-0.25, -0.2) is 0 Å². The number of hydrogen-bond donors (Lipinski definition) is 1. The van der Waals surface area contributed by atoms with Crippen molar-refractivity contribution in [1.82, 2.24) is 5.32 Å². The summed E-state index contributed by atoms with van der Waals surface area (Å²) < 4.78 is 0. The lowest BCUT2D eigenvalue weighted by Gasteiger charge is -2.09. The van der Waals surface area contributed by atoms with Crippen molar-refractivity contribution < 1.29 is 4.79 Å². The van der Waals surface area contributed by atoms with Gasteiger partial charge in [0.05, 0.1) is 6.04 Å². The molecule has 1 atom stereocenters. The summed E-state index contributed by atoms with van der Waals surface area (Å²) in [5.41, 5.74) is 0. The monoisotopic (exact) mass is 159 g/mol. The minimum atomic E-state index is -0.0143. The summed E-state index contributed by atoms with van der Waals surface area (Å²) in [5, 5.41) is 4.33. The Morgan fingerprint density at radius 2 is 2.40 bits per heavy atom. The van der Waals surface area contributed by atoms with E-state index in [0.717, 1.165) is 12.8 Å². The maximum Gasteiger partial charge on any atom is 0.217 e. The van der Waals surface area contributed by atoms with Crippen LogP contribution >= 0.6 is 12.2 Å². The van der Waals surface area contributed by atoms with E-state index in [1.165, 1.54) is 6.92 Å². The molecule has 0 saturated carbocycles. The summed E-state index contributed by atoms with van der Waals surface area (Å²) in [6, 6.07) is 0.0810. The van der Waals surface area contributed by atoms with E-state index in [9.17, 15) is 4.79 Å².